The maximum Gasteiger partial charge on any atom is 0.220 e. The van der Waals surface area contributed by atoms with Crippen molar-refractivity contribution in [1.82, 2.24) is 5.32 Å². The number of rotatable bonds is 1. The maximum absolute atomic E-state index is 11.0. The second kappa shape index (κ2) is 2.48. The van der Waals surface area contributed by atoms with E-state index in [4.69, 9.17) is 5.11 Å². The SMILES string of the molecule is O=C1C[C@H]2C[C@H](CO)[C@@H](C2)N1. The summed E-state index contributed by atoms with van der Waals surface area (Å²) in [7, 11) is 0. The number of carbonyl (C=O) groups is 1. The predicted octanol–water partition coefficient (Wildman–Crippen LogP) is -0.107. The van der Waals surface area contributed by atoms with Crippen molar-refractivity contribution >= 4 is 5.91 Å². The van der Waals surface area contributed by atoms with E-state index in [1.807, 2.05) is 0 Å². The molecule has 2 aliphatic rings. The van der Waals surface area contributed by atoms with Crippen LogP contribution in [0.2, 0.25) is 0 Å². The molecule has 1 amide bonds. The molecule has 1 aliphatic carbocycles. The number of carbonyl (C=O) groups excluding carboxylic acids is 1. The molecule has 0 radical (unpaired) electrons. The second-order valence-corrected chi connectivity index (χ2v) is 3.66. The molecule has 3 heteroatoms. The van der Waals surface area contributed by atoms with Crippen molar-refractivity contribution in [2.45, 2.75) is 25.3 Å². The van der Waals surface area contributed by atoms with Gasteiger partial charge in [-0.1, -0.05) is 0 Å². The van der Waals surface area contributed by atoms with Crippen molar-refractivity contribution < 1.29 is 9.90 Å². The lowest BCUT2D eigenvalue weighted by Crippen LogP contribution is -2.40. The molecule has 1 heterocycles. The second-order valence-electron chi connectivity index (χ2n) is 3.66. The van der Waals surface area contributed by atoms with Gasteiger partial charge in [0.05, 0.1) is 0 Å². The number of hydrogen-bond donors (Lipinski definition) is 2. The molecule has 0 aromatic carbocycles. The Kier molecular flexibility index (Phi) is 1.60. The van der Waals surface area contributed by atoms with Gasteiger partial charge in [-0.2, -0.15) is 0 Å². The number of piperidine rings is 1. The smallest absolute Gasteiger partial charge is 0.220 e. The molecule has 11 heavy (non-hydrogen) atoms. The van der Waals surface area contributed by atoms with Crippen LogP contribution in [-0.4, -0.2) is 23.7 Å². The molecular weight excluding hydrogens is 142 g/mol. The van der Waals surface area contributed by atoms with Crippen LogP contribution in [0.15, 0.2) is 0 Å². The molecule has 0 aromatic heterocycles. The predicted molar refractivity (Wildman–Crippen MR) is 39.8 cm³/mol. The molecule has 3 nitrogen and oxygen atoms in total. The Morgan fingerprint density at radius 2 is 2.36 bits per heavy atom. The zero-order chi connectivity index (χ0) is 7.84. The van der Waals surface area contributed by atoms with Gasteiger partial charge in [-0.15, -0.1) is 0 Å². The maximum atomic E-state index is 11.0. The van der Waals surface area contributed by atoms with E-state index in [2.05, 4.69) is 5.32 Å². The average molecular weight is 155 g/mol. The van der Waals surface area contributed by atoms with Gasteiger partial charge in [0.2, 0.25) is 5.91 Å². The summed E-state index contributed by atoms with van der Waals surface area (Å²) in [5.74, 6) is 1.04. The third-order valence-electron chi connectivity index (χ3n) is 2.85. The van der Waals surface area contributed by atoms with Crippen LogP contribution >= 0.6 is 0 Å². The minimum absolute atomic E-state index is 0.169. The summed E-state index contributed by atoms with van der Waals surface area (Å²) in [4.78, 5) is 11.0. The highest BCUT2D eigenvalue weighted by molar-refractivity contribution is 5.77. The summed E-state index contributed by atoms with van der Waals surface area (Å²) in [6.07, 6.45) is 2.78. The van der Waals surface area contributed by atoms with E-state index in [0.29, 0.717) is 18.3 Å². The Balaban J connectivity index is 2.08. The normalized spacial score (nSPS) is 42.3. The van der Waals surface area contributed by atoms with Gasteiger partial charge in [-0.05, 0) is 18.8 Å². The van der Waals surface area contributed by atoms with Crippen LogP contribution in [0, 0.1) is 11.8 Å². The number of hydrogen-bond acceptors (Lipinski definition) is 2. The summed E-state index contributed by atoms with van der Waals surface area (Å²) < 4.78 is 0. The quantitative estimate of drug-likeness (QED) is 0.555. The highest BCUT2D eigenvalue weighted by Crippen LogP contribution is 2.36. The van der Waals surface area contributed by atoms with E-state index in [1.165, 1.54) is 0 Å². The molecule has 0 aromatic rings. The van der Waals surface area contributed by atoms with E-state index in [9.17, 15) is 4.79 Å². The molecule has 2 rings (SSSR count). The van der Waals surface area contributed by atoms with E-state index in [-0.39, 0.29) is 18.6 Å². The minimum atomic E-state index is 0.169. The van der Waals surface area contributed by atoms with Crippen LogP contribution in [0.1, 0.15) is 19.3 Å². The Morgan fingerprint density at radius 3 is 3.09 bits per heavy atom. The first-order valence-electron chi connectivity index (χ1n) is 4.20. The van der Waals surface area contributed by atoms with Gasteiger partial charge in [0.1, 0.15) is 0 Å². The molecule has 0 unspecified atom stereocenters. The zero-order valence-electron chi connectivity index (χ0n) is 6.42. The van der Waals surface area contributed by atoms with Crippen LogP contribution < -0.4 is 5.32 Å². The molecule has 3 atom stereocenters. The van der Waals surface area contributed by atoms with Gasteiger partial charge >= 0.3 is 0 Å². The molecule has 2 fully saturated rings. The molecule has 1 aliphatic heterocycles. The Hall–Kier alpha value is -0.570. The Morgan fingerprint density at radius 1 is 1.55 bits per heavy atom. The third-order valence-corrected chi connectivity index (χ3v) is 2.85. The first-order chi connectivity index (χ1) is 5.29. The number of amides is 1. The Labute approximate surface area is 65.8 Å². The molecule has 62 valence electrons. The van der Waals surface area contributed by atoms with Gasteiger partial charge in [0.15, 0.2) is 0 Å². The fraction of sp³-hybridized carbons (Fsp3) is 0.875. The van der Waals surface area contributed by atoms with Crippen molar-refractivity contribution in [2.75, 3.05) is 6.61 Å². The minimum Gasteiger partial charge on any atom is -0.396 e. The third kappa shape index (κ3) is 1.13. The summed E-state index contributed by atoms with van der Waals surface area (Å²) in [6, 6.07) is 0.270. The Bertz CT molecular complexity index is 181. The van der Waals surface area contributed by atoms with Crippen LogP contribution in [0.25, 0.3) is 0 Å². The summed E-state index contributed by atoms with van der Waals surface area (Å²) in [6.45, 7) is 0.224. The van der Waals surface area contributed by atoms with Crippen LogP contribution in [0.5, 0.6) is 0 Å². The van der Waals surface area contributed by atoms with Gasteiger partial charge in [0, 0.05) is 25.0 Å². The van der Waals surface area contributed by atoms with Gasteiger partial charge in [-0.25, -0.2) is 0 Å². The lowest BCUT2D eigenvalue weighted by atomic mass is 10.0. The molecule has 1 saturated carbocycles. The molecule has 1 saturated heterocycles. The molecular formula is C8H13NO2. The van der Waals surface area contributed by atoms with Crippen LogP contribution in [0.4, 0.5) is 0 Å². The van der Waals surface area contributed by atoms with E-state index >= 15 is 0 Å². The van der Waals surface area contributed by atoms with Gasteiger partial charge in [0.25, 0.3) is 0 Å². The summed E-state index contributed by atoms with van der Waals surface area (Å²) >= 11 is 0. The van der Waals surface area contributed by atoms with Gasteiger partial charge in [-0.3, -0.25) is 4.79 Å². The monoisotopic (exact) mass is 155 g/mol. The lowest BCUT2D eigenvalue weighted by Gasteiger charge is -2.21. The topological polar surface area (TPSA) is 49.3 Å². The van der Waals surface area contributed by atoms with Crippen LogP contribution in [-0.2, 0) is 4.79 Å². The first kappa shape index (κ1) is 7.10. The van der Waals surface area contributed by atoms with Crippen molar-refractivity contribution in [3.8, 4) is 0 Å². The molecule has 0 spiro atoms. The standard InChI is InChI=1S/C8H13NO2/c10-4-6-1-5-2-7(6)9-8(11)3-5/h5-7,10H,1-4H2,(H,9,11)/t5-,6+,7+/m0/s1. The van der Waals surface area contributed by atoms with Crippen molar-refractivity contribution in [3.05, 3.63) is 0 Å². The fourth-order valence-electron chi connectivity index (χ4n) is 2.31. The number of aliphatic hydroxyl groups excluding tert-OH is 1. The molecule has 2 bridgehead atoms. The highest BCUT2D eigenvalue weighted by Gasteiger charge is 2.39. The number of nitrogens with one attached hydrogen (secondary N) is 1. The largest absolute Gasteiger partial charge is 0.396 e. The highest BCUT2D eigenvalue weighted by atomic mass is 16.3. The first-order valence-corrected chi connectivity index (χ1v) is 4.20. The summed E-state index contributed by atoms with van der Waals surface area (Å²) in [5.41, 5.74) is 0. The fourth-order valence-corrected chi connectivity index (χ4v) is 2.31. The lowest BCUT2D eigenvalue weighted by molar-refractivity contribution is -0.123. The average Bonchev–Trinajstić information content (AvgIpc) is 2.25. The van der Waals surface area contributed by atoms with Crippen molar-refractivity contribution in [3.63, 3.8) is 0 Å². The van der Waals surface area contributed by atoms with E-state index in [0.717, 1.165) is 12.8 Å². The van der Waals surface area contributed by atoms with E-state index < -0.39 is 0 Å². The van der Waals surface area contributed by atoms with Crippen LogP contribution in [0.3, 0.4) is 0 Å². The van der Waals surface area contributed by atoms with Gasteiger partial charge < -0.3 is 10.4 Å². The van der Waals surface area contributed by atoms with E-state index in [1.54, 1.807) is 0 Å². The number of fused-ring (bicyclic) bond motifs is 2. The summed E-state index contributed by atoms with van der Waals surface area (Å²) in [5, 5.41) is 11.9. The van der Waals surface area contributed by atoms with Crippen molar-refractivity contribution in [1.29, 1.82) is 0 Å². The molecule has 2 N–H and O–H groups in total. The number of aliphatic hydroxyl groups is 1. The van der Waals surface area contributed by atoms with Crippen molar-refractivity contribution in [2.24, 2.45) is 11.8 Å². The zero-order valence-corrected chi connectivity index (χ0v) is 6.42.